The lowest BCUT2D eigenvalue weighted by atomic mass is 9.96. The number of rotatable bonds is 7. The molecule has 4 rings (SSSR count). The number of aromatic amines is 1. The lowest BCUT2D eigenvalue weighted by Gasteiger charge is -2.16. The number of H-pyrrole nitrogens is 1. The van der Waals surface area contributed by atoms with Gasteiger partial charge in [0.05, 0.1) is 0 Å². The van der Waals surface area contributed by atoms with Gasteiger partial charge in [0.25, 0.3) is 0 Å². The van der Waals surface area contributed by atoms with E-state index in [-0.39, 0.29) is 36.0 Å². The van der Waals surface area contributed by atoms with Crippen molar-refractivity contribution in [3.05, 3.63) is 104 Å². The average Bonchev–Trinajstić information content (AvgIpc) is 3.24. The minimum Gasteiger partial charge on any atom is -0.506 e. The molecule has 0 saturated carbocycles. The Hall–Kier alpha value is -4.05. The summed E-state index contributed by atoms with van der Waals surface area (Å²) in [6.45, 7) is 3.23. The van der Waals surface area contributed by atoms with Crippen molar-refractivity contribution >= 4 is 0 Å². The van der Waals surface area contributed by atoms with Gasteiger partial charge in [-0.25, -0.2) is 13.6 Å². The van der Waals surface area contributed by atoms with Gasteiger partial charge in [-0.15, -0.1) is 0 Å². The molecule has 1 atom stereocenters. The van der Waals surface area contributed by atoms with Crippen molar-refractivity contribution in [3.63, 3.8) is 0 Å². The Labute approximate surface area is 192 Å². The van der Waals surface area contributed by atoms with Gasteiger partial charge in [0.2, 0.25) is 0 Å². The molecule has 1 unspecified atom stereocenters. The zero-order chi connectivity index (χ0) is 24.4. The molecule has 2 aromatic heterocycles. The monoisotopic (exact) mass is 469 g/mol. The number of benzene rings is 2. The minimum absolute atomic E-state index is 0.00585. The molecule has 34 heavy (non-hydrogen) atoms. The third-order valence-corrected chi connectivity index (χ3v) is 5.43. The Morgan fingerprint density at radius 3 is 2.56 bits per heavy atom. The van der Waals surface area contributed by atoms with Crippen molar-refractivity contribution < 1.29 is 28.3 Å². The number of nitrogens with one attached hydrogen (secondary N) is 1. The fourth-order valence-corrected chi connectivity index (χ4v) is 3.60. The molecule has 0 aliphatic heterocycles. The Kier molecular flexibility index (Phi) is 6.42. The molecular formula is C24H21F2N3O5. The number of aromatic hydroxyl groups is 1. The maximum absolute atomic E-state index is 15.0. The number of aryl methyl sites for hydroxylation is 1. The van der Waals surface area contributed by atoms with Crippen LogP contribution in [-0.4, -0.2) is 25.3 Å². The molecule has 2 aromatic carbocycles. The van der Waals surface area contributed by atoms with Crippen LogP contribution >= 0.6 is 0 Å². The van der Waals surface area contributed by atoms with E-state index in [1.54, 1.807) is 19.9 Å². The molecule has 0 spiro atoms. The molecule has 0 bridgehead atoms. The van der Waals surface area contributed by atoms with Gasteiger partial charge in [-0.3, -0.25) is 14.5 Å². The van der Waals surface area contributed by atoms with Gasteiger partial charge in [0.15, 0.2) is 17.4 Å². The van der Waals surface area contributed by atoms with Gasteiger partial charge in [-0.2, -0.15) is 0 Å². The Bertz CT molecular complexity index is 1380. The first kappa shape index (κ1) is 23.1. The Balaban J connectivity index is 1.58. The molecule has 0 fully saturated rings. The Morgan fingerprint density at radius 2 is 1.88 bits per heavy atom. The smallest absolute Gasteiger partial charge is 0.439 e. The van der Waals surface area contributed by atoms with E-state index in [9.17, 15) is 19.4 Å². The third kappa shape index (κ3) is 4.81. The fraction of sp³-hybridized carbons (Fsp3) is 0.208. The van der Waals surface area contributed by atoms with Crippen molar-refractivity contribution in [1.29, 1.82) is 0 Å². The second-order valence-electron chi connectivity index (χ2n) is 7.78. The van der Waals surface area contributed by atoms with Gasteiger partial charge in [0, 0.05) is 12.1 Å². The number of hydrogen-bond acceptors (Lipinski definition) is 7. The zero-order valence-corrected chi connectivity index (χ0v) is 18.3. The van der Waals surface area contributed by atoms with Gasteiger partial charge < -0.3 is 14.9 Å². The molecule has 0 aliphatic rings. The van der Waals surface area contributed by atoms with E-state index in [2.05, 4.69) is 19.6 Å². The molecule has 3 N–H and O–H groups in total. The van der Waals surface area contributed by atoms with Gasteiger partial charge in [-0.1, -0.05) is 17.3 Å². The quantitative estimate of drug-likeness (QED) is 0.378. The lowest BCUT2D eigenvalue weighted by Crippen LogP contribution is -2.08. The van der Waals surface area contributed by atoms with E-state index in [1.165, 1.54) is 36.4 Å². The first-order chi connectivity index (χ1) is 16.2. The number of ether oxygens (including phenoxy) is 1. The van der Waals surface area contributed by atoms with Crippen molar-refractivity contribution in [2.45, 2.75) is 33.0 Å². The third-order valence-electron chi connectivity index (χ3n) is 5.43. The highest BCUT2D eigenvalue weighted by Crippen LogP contribution is 2.31. The van der Waals surface area contributed by atoms with Gasteiger partial charge in [-0.05, 0) is 66.4 Å². The van der Waals surface area contributed by atoms with Crippen LogP contribution in [0.25, 0.3) is 0 Å². The summed E-state index contributed by atoms with van der Waals surface area (Å²) >= 11 is 0. The number of hydrogen-bond donors (Lipinski definition) is 3. The summed E-state index contributed by atoms with van der Waals surface area (Å²) in [5.74, 6) is -1.84. The van der Waals surface area contributed by atoms with E-state index in [4.69, 9.17) is 4.74 Å². The highest BCUT2D eigenvalue weighted by molar-refractivity contribution is 5.45. The molecule has 0 saturated heterocycles. The summed E-state index contributed by atoms with van der Waals surface area (Å²) in [6.07, 6.45) is -1.03. The number of aliphatic hydroxyl groups excluding tert-OH is 1. The van der Waals surface area contributed by atoms with Crippen molar-refractivity contribution in [2.75, 3.05) is 0 Å². The predicted molar refractivity (Wildman–Crippen MR) is 116 cm³/mol. The number of halogens is 2. The molecule has 176 valence electrons. The number of nitrogens with zero attached hydrogens (tertiary/aromatic N) is 2. The SMILES string of the molecule is Cc1cc(OCc2noc(=O)[nH]2)c(F)c(C)c1Cc1ccc(O)c(C(O)c2ccc(F)cc2)n1. The summed E-state index contributed by atoms with van der Waals surface area (Å²) in [5.41, 5.74) is 2.63. The van der Waals surface area contributed by atoms with Crippen LogP contribution in [0.2, 0.25) is 0 Å². The summed E-state index contributed by atoms with van der Waals surface area (Å²) in [4.78, 5) is 17.7. The highest BCUT2D eigenvalue weighted by atomic mass is 19.1. The van der Waals surface area contributed by atoms with Crippen LogP contribution in [0, 0.1) is 25.5 Å². The average molecular weight is 469 g/mol. The van der Waals surface area contributed by atoms with Crippen molar-refractivity contribution in [1.82, 2.24) is 15.1 Å². The summed E-state index contributed by atoms with van der Waals surface area (Å²) in [5, 5.41) is 24.3. The first-order valence-corrected chi connectivity index (χ1v) is 10.3. The van der Waals surface area contributed by atoms with E-state index >= 15 is 4.39 Å². The van der Waals surface area contributed by atoms with Crippen LogP contribution in [0.4, 0.5) is 8.78 Å². The molecule has 2 heterocycles. The topological polar surface area (TPSA) is 121 Å². The summed E-state index contributed by atoms with van der Waals surface area (Å²) in [6, 6.07) is 9.75. The number of aliphatic hydroxyl groups is 1. The minimum atomic E-state index is -1.27. The molecule has 4 aromatic rings. The van der Waals surface area contributed by atoms with Crippen LogP contribution in [0.15, 0.2) is 51.8 Å². The van der Waals surface area contributed by atoms with E-state index in [1.807, 2.05) is 0 Å². The van der Waals surface area contributed by atoms with E-state index < -0.39 is 23.5 Å². The van der Waals surface area contributed by atoms with E-state index in [0.29, 0.717) is 22.4 Å². The van der Waals surface area contributed by atoms with Crippen LogP contribution in [0.1, 0.15) is 45.6 Å². The van der Waals surface area contributed by atoms with E-state index in [0.717, 1.165) is 5.56 Å². The first-order valence-electron chi connectivity index (χ1n) is 10.3. The largest absolute Gasteiger partial charge is 0.506 e. The van der Waals surface area contributed by atoms with Crippen molar-refractivity contribution in [3.8, 4) is 11.5 Å². The van der Waals surface area contributed by atoms with Crippen LogP contribution < -0.4 is 10.5 Å². The van der Waals surface area contributed by atoms with Crippen molar-refractivity contribution in [2.24, 2.45) is 0 Å². The predicted octanol–water partition coefficient (Wildman–Crippen LogP) is 3.61. The van der Waals surface area contributed by atoms with Crippen LogP contribution in [0.5, 0.6) is 11.5 Å². The molecular weight excluding hydrogens is 448 g/mol. The Morgan fingerprint density at radius 1 is 1.15 bits per heavy atom. The second kappa shape index (κ2) is 9.44. The molecule has 0 aliphatic carbocycles. The molecule has 0 radical (unpaired) electrons. The zero-order valence-electron chi connectivity index (χ0n) is 18.3. The summed E-state index contributed by atoms with van der Waals surface area (Å²) in [7, 11) is 0. The number of aromatic nitrogens is 3. The number of pyridine rings is 1. The van der Waals surface area contributed by atoms with Gasteiger partial charge >= 0.3 is 5.76 Å². The van der Waals surface area contributed by atoms with Crippen LogP contribution in [-0.2, 0) is 13.0 Å². The van der Waals surface area contributed by atoms with Gasteiger partial charge in [0.1, 0.15) is 30.0 Å². The summed E-state index contributed by atoms with van der Waals surface area (Å²) < 4.78 is 38.1. The maximum Gasteiger partial charge on any atom is 0.439 e. The van der Waals surface area contributed by atoms with Crippen LogP contribution in [0.3, 0.4) is 0 Å². The lowest BCUT2D eigenvalue weighted by molar-refractivity contribution is 0.209. The molecule has 0 amide bonds. The second-order valence-corrected chi connectivity index (χ2v) is 7.78. The molecule has 8 nitrogen and oxygen atoms in total. The highest BCUT2D eigenvalue weighted by Gasteiger charge is 2.20. The standard InChI is InChI=1S/C24H21F2N3O5/c1-12-9-19(33-11-20-28-24(32)34-29-20)21(26)13(2)17(12)10-16-7-8-18(30)22(27-16)23(31)14-3-5-15(25)6-4-14/h3-9,23,30-31H,10-11H2,1-2H3,(H,28,29,32). The fourth-order valence-electron chi connectivity index (χ4n) is 3.60. The normalized spacial score (nSPS) is 12.0. The molecule has 10 heteroatoms. The maximum atomic E-state index is 15.0.